The van der Waals surface area contributed by atoms with E-state index in [4.69, 9.17) is 4.74 Å². The average Bonchev–Trinajstić information content (AvgIpc) is 2.71. The van der Waals surface area contributed by atoms with Gasteiger partial charge in [0.15, 0.2) is 0 Å². The number of carbonyl (C=O) groups excluding carboxylic acids is 2. The van der Waals surface area contributed by atoms with Crippen LogP contribution in [0.25, 0.3) is 0 Å². The van der Waals surface area contributed by atoms with Crippen LogP contribution in [0.3, 0.4) is 0 Å². The summed E-state index contributed by atoms with van der Waals surface area (Å²) >= 11 is 1.77. The Labute approximate surface area is 177 Å². The first-order valence-corrected chi connectivity index (χ1v) is 10.6. The first kappa shape index (κ1) is 23.0. The molecule has 0 atom stereocenters. The fourth-order valence-electron chi connectivity index (χ4n) is 3.79. The van der Waals surface area contributed by atoms with Crippen LogP contribution in [0.5, 0.6) is 0 Å². The Balaban J connectivity index is 0.00000280. The summed E-state index contributed by atoms with van der Waals surface area (Å²) in [6.45, 7) is 3.86. The lowest BCUT2D eigenvalue weighted by Crippen LogP contribution is -2.47. The van der Waals surface area contributed by atoms with Gasteiger partial charge in [-0.2, -0.15) is 0 Å². The second-order valence-electron chi connectivity index (χ2n) is 7.32. The molecule has 0 saturated carbocycles. The highest BCUT2D eigenvalue weighted by molar-refractivity contribution is 7.99. The number of hydrogen-bond donors (Lipinski definition) is 2. The van der Waals surface area contributed by atoms with Crippen molar-refractivity contribution in [3.8, 4) is 0 Å². The third kappa shape index (κ3) is 5.86. The number of amides is 2. The number of ether oxygens (including phenoxy) is 1. The normalized spacial score (nSPS) is 18.0. The van der Waals surface area contributed by atoms with Crippen molar-refractivity contribution < 1.29 is 14.3 Å². The van der Waals surface area contributed by atoms with Gasteiger partial charge in [-0.25, -0.2) is 0 Å². The molecule has 2 amide bonds. The fourth-order valence-corrected chi connectivity index (χ4v) is 4.79. The molecule has 1 aromatic carbocycles. The van der Waals surface area contributed by atoms with Crippen LogP contribution in [0, 0.1) is 5.41 Å². The van der Waals surface area contributed by atoms with E-state index < -0.39 is 0 Å². The van der Waals surface area contributed by atoms with Gasteiger partial charge in [-0.15, -0.1) is 24.2 Å². The Morgan fingerprint density at radius 1 is 1.25 bits per heavy atom. The topological polar surface area (TPSA) is 70.7 Å². The van der Waals surface area contributed by atoms with Crippen LogP contribution in [0.2, 0.25) is 0 Å². The van der Waals surface area contributed by atoms with Gasteiger partial charge < -0.3 is 20.3 Å². The van der Waals surface area contributed by atoms with Gasteiger partial charge in [0.2, 0.25) is 11.8 Å². The largest absolute Gasteiger partial charge is 0.384 e. The quantitative estimate of drug-likeness (QED) is 0.699. The minimum atomic E-state index is -0.0583. The maximum Gasteiger partial charge on any atom is 0.227 e. The van der Waals surface area contributed by atoms with Crippen LogP contribution in [-0.2, 0) is 14.3 Å². The van der Waals surface area contributed by atoms with E-state index in [1.165, 1.54) is 0 Å². The molecule has 8 heteroatoms. The lowest BCUT2D eigenvalue weighted by atomic mass is 9.79. The van der Waals surface area contributed by atoms with Crippen molar-refractivity contribution in [3.05, 3.63) is 24.3 Å². The molecule has 156 valence electrons. The van der Waals surface area contributed by atoms with E-state index in [0.29, 0.717) is 19.7 Å². The van der Waals surface area contributed by atoms with Gasteiger partial charge in [0.1, 0.15) is 0 Å². The molecule has 0 bridgehead atoms. The molecule has 1 aromatic rings. The van der Waals surface area contributed by atoms with Crippen molar-refractivity contribution in [2.24, 2.45) is 5.41 Å². The van der Waals surface area contributed by atoms with Gasteiger partial charge in [0, 0.05) is 49.1 Å². The van der Waals surface area contributed by atoms with Crippen LogP contribution in [0.1, 0.15) is 25.7 Å². The standard InChI is InChI=1S/C20H29N3O3S.ClH/c1-26-15-20(8-10-21-11-9-20)14-22-18(24)6-7-19(25)23-12-13-27-17-5-3-2-4-16(17)23;/h2-5,21H,6-15H2,1H3,(H,22,24);1H. The number of halogens is 1. The molecule has 2 heterocycles. The number of anilines is 1. The van der Waals surface area contributed by atoms with E-state index >= 15 is 0 Å². The summed E-state index contributed by atoms with van der Waals surface area (Å²) in [5.41, 5.74) is 0.968. The smallest absolute Gasteiger partial charge is 0.227 e. The summed E-state index contributed by atoms with van der Waals surface area (Å²) in [6, 6.07) is 7.96. The molecule has 2 aliphatic heterocycles. The SMILES string of the molecule is COCC1(CNC(=O)CCC(=O)N2CCSc3ccccc32)CCNCC1.Cl. The van der Waals surface area contributed by atoms with Crippen LogP contribution in [0.4, 0.5) is 5.69 Å². The van der Waals surface area contributed by atoms with Crippen molar-refractivity contribution in [2.45, 2.75) is 30.6 Å². The average molecular weight is 428 g/mol. The minimum absolute atomic E-state index is 0. The predicted octanol–water partition coefficient (Wildman–Crippen LogP) is 2.46. The molecule has 0 radical (unpaired) electrons. The minimum Gasteiger partial charge on any atom is -0.384 e. The van der Waals surface area contributed by atoms with Gasteiger partial charge >= 0.3 is 0 Å². The molecule has 0 spiro atoms. The zero-order chi connectivity index (χ0) is 19.1. The first-order valence-electron chi connectivity index (χ1n) is 9.62. The maximum absolute atomic E-state index is 12.6. The number of nitrogens with one attached hydrogen (secondary N) is 2. The number of para-hydroxylation sites is 1. The zero-order valence-corrected chi connectivity index (χ0v) is 18.0. The monoisotopic (exact) mass is 427 g/mol. The second kappa shape index (κ2) is 11.0. The van der Waals surface area contributed by atoms with Crippen molar-refractivity contribution in [1.29, 1.82) is 0 Å². The molecule has 3 rings (SSSR count). The highest BCUT2D eigenvalue weighted by atomic mass is 35.5. The summed E-state index contributed by atoms with van der Waals surface area (Å²) in [4.78, 5) is 27.9. The molecule has 6 nitrogen and oxygen atoms in total. The van der Waals surface area contributed by atoms with Crippen molar-refractivity contribution in [2.75, 3.05) is 50.5 Å². The van der Waals surface area contributed by atoms with E-state index in [-0.39, 0.29) is 42.5 Å². The third-order valence-electron chi connectivity index (χ3n) is 5.37. The number of methoxy groups -OCH3 is 1. The number of piperidine rings is 1. The molecule has 0 aliphatic carbocycles. The lowest BCUT2D eigenvalue weighted by Gasteiger charge is -2.37. The summed E-state index contributed by atoms with van der Waals surface area (Å²) in [5, 5.41) is 6.38. The highest BCUT2D eigenvalue weighted by Gasteiger charge is 2.32. The van der Waals surface area contributed by atoms with Gasteiger partial charge in [0.25, 0.3) is 0 Å². The third-order valence-corrected chi connectivity index (χ3v) is 6.41. The second-order valence-corrected chi connectivity index (χ2v) is 8.46. The van der Waals surface area contributed by atoms with E-state index in [2.05, 4.69) is 10.6 Å². The van der Waals surface area contributed by atoms with Gasteiger partial charge in [-0.1, -0.05) is 12.1 Å². The van der Waals surface area contributed by atoms with Crippen LogP contribution >= 0.6 is 24.2 Å². The maximum atomic E-state index is 12.6. The van der Waals surface area contributed by atoms with E-state index in [0.717, 1.165) is 42.3 Å². The van der Waals surface area contributed by atoms with Crippen molar-refractivity contribution in [1.82, 2.24) is 10.6 Å². The molecule has 2 N–H and O–H groups in total. The number of fused-ring (bicyclic) bond motifs is 1. The number of carbonyl (C=O) groups is 2. The fraction of sp³-hybridized carbons (Fsp3) is 0.600. The Hall–Kier alpha value is -1.28. The Morgan fingerprint density at radius 2 is 2.00 bits per heavy atom. The molecule has 1 fully saturated rings. The van der Waals surface area contributed by atoms with Crippen LogP contribution < -0.4 is 15.5 Å². The summed E-state index contributed by atoms with van der Waals surface area (Å²) in [5.74, 6) is 0.853. The van der Waals surface area contributed by atoms with E-state index in [9.17, 15) is 9.59 Å². The van der Waals surface area contributed by atoms with Gasteiger partial charge in [0.05, 0.1) is 12.3 Å². The van der Waals surface area contributed by atoms with Gasteiger partial charge in [-0.05, 0) is 38.1 Å². The van der Waals surface area contributed by atoms with E-state index in [1.807, 2.05) is 29.2 Å². The van der Waals surface area contributed by atoms with Crippen LogP contribution in [-0.4, -0.2) is 57.5 Å². The molecular weight excluding hydrogens is 398 g/mol. The molecule has 28 heavy (non-hydrogen) atoms. The molecule has 1 saturated heterocycles. The Morgan fingerprint density at radius 3 is 2.75 bits per heavy atom. The highest BCUT2D eigenvalue weighted by Crippen LogP contribution is 2.34. The van der Waals surface area contributed by atoms with Crippen molar-refractivity contribution in [3.63, 3.8) is 0 Å². The number of rotatable bonds is 7. The first-order chi connectivity index (χ1) is 13.1. The van der Waals surface area contributed by atoms with E-state index in [1.54, 1.807) is 18.9 Å². The summed E-state index contributed by atoms with van der Waals surface area (Å²) < 4.78 is 5.39. The number of nitrogens with zero attached hydrogens (tertiary/aromatic N) is 1. The zero-order valence-electron chi connectivity index (χ0n) is 16.4. The number of benzene rings is 1. The number of thioether (sulfide) groups is 1. The van der Waals surface area contributed by atoms with Gasteiger partial charge in [-0.3, -0.25) is 9.59 Å². The Kier molecular flexibility index (Phi) is 9.08. The predicted molar refractivity (Wildman–Crippen MR) is 115 cm³/mol. The molecule has 0 aromatic heterocycles. The summed E-state index contributed by atoms with van der Waals surface area (Å²) in [7, 11) is 1.71. The Bertz CT molecular complexity index is 662. The molecule has 0 unspecified atom stereocenters. The molecular formula is C20H30ClN3O3S. The molecule has 2 aliphatic rings. The van der Waals surface area contributed by atoms with Crippen molar-refractivity contribution >= 4 is 41.7 Å². The number of hydrogen-bond acceptors (Lipinski definition) is 5. The lowest BCUT2D eigenvalue weighted by molar-refractivity contribution is -0.125. The van der Waals surface area contributed by atoms with Crippen LogP contribution in [0.15, 0.2) is 29.2 Å². The summed E-state index contributed by atoms with van der Waals surface area (Å²) in [6.07, 6.45) is 2.44.